The van der Waals surface area contributed by atoms with E-state index in [1.165, 1.54) is 11.3 Å². The zero-order valence-corrected chi connectivity index (χ0v) is 10.4. The van der Waals surface area contributed by atoms with Gasteiger partial charge in [-0.25, -0.2) is 9.78 Å². The van der Waals surface area contributed by atoms with Crippen LogP contribution < -0.4 is 0 Å². The van der Waals surface area contributed by atoms with E-state index in [1.54, 1.807) is 0 Å². The molecule has 15 heavy (non-hydrogen) atoms. The fourth-order valence-electron chi connectivity index (χ4n) is 1.40. The van der Waals surface area contributed by atoms with Crippen LogP contribution in [0.15, 0.2) is 12.1 Å². The van der Waals surface area contributed by atoms with Gasteiger partial charge in [-0.15, -0.1) is 11.3 Å². The molecule has 0 saturated heterocycles. The molecule has 0 aliphatic heterocycles. The third-order valence-corrected chi connectivity index (χ3v) is 3.87. The number of hydrogen-bond donors (Lipinski definition) is 1. The van der Waals surface area contributed by atoms with Crippen molar-refractivity contribution in [1.82, 2.24) is 4.98 Å². The van der Waals surface area contributed by atoms with E-state index in [1.807, 2.05) is 19.1 Å². The Kier molecular flexibility index (Phi) is 2.75. The molecule has 0 aliphatic rings. The van der Waals surface area contributed by atoms with Gasteiger partial charge in [0.25, 0.3) is 0 Å². The Hall–Kier alpha value is -0.940. The Morgan fingerprint density at radius 3 is 2.93 bits per heavy atom. The van der Waals surface area contributed by atoms with Crippen molar-refractivity contribution in [3.05, 3.63) is 28.3 Å². The summed E-state index contributed by atoms with van der Waals surface area (Å²) >= 11 is 4.60. The summed E-state index contributed by atoms with van der Waals surface area (Å²) in [4.78, 5) is 14.9. The molecule has 1 aromatic heterocycles. The minimum Gasteiger partial charge on any atom is -0.476 e. The van der Waals surface area contributed by atoms with Crippen LogP contribution in [0.5, 0.6) is 0 Å². The summed E-state index contributed by atoms with van der Waals surface area (Å²) in [6, 6.07) is 3.92. The molecule has 0 bridgehead atoms. The predicted octanol–water partition coefficient (Wildman–Crippen LogP) is 3.20. The van der Waals surface area contributed by atoms with E-state index in [0.29, 0.717) is 0 Å². The normalized spacial score (nSPS) is 10.8. The van der Waals surface area contributed by atoms with Crippen LogP contribution in [0, 0.1) is 6.92 Å². The van der Waals surface area contributed by atoms with Gasteiger partial charge in [-0.3, -0.25) is 0 Å². The lowest BCUT2D eigenvalue weighted by atomic mass is 10.1. The van der Waals surface area contributed by atoms with Gasteiger partial charge in [0.05, 0.1) is 10.2 Å². The SMILES string of the molecule is Cc1c(CBr)ccc2sc(C(=O)O)nc12. The summed E-state index contributed by atoms with van der Waals surface area (Å²) in [5.74, 6) is -0.962. The second-order valence-electron chi connectivity index (χ2n) is 3.15. The quantitative estimate of drug-likeness (QED) is 0.862. The van der Waals surface area contributed by atoms with E-state index >= 15 is 0 Å². The van der Waals surface area contributed by atoms with Crippen molar-refractivity contribution in [2.75, 3.05) is 0 Å². The number of hydrogen-bond acceptors (Lipinski definition) is 3. The summed E-state index contributed by atoms with van der Waals surface area (Å²) in [5, 5.41) is 9.75. The first-order valence-corrected chi connectivity index (χ1v) is 6.25. The molecule has 3 nitrogen and oxygen atoms in total. The Morgan fingerprint density at radius 1 is 1.60 bits per heavy atom. The first-order chi connectivity index (χ1) is 7.13. The molecular weight excluding hydrogens is 278 g/mol. The predicted molar refractivity (Wildman–Crippen MR) is 63.9 cm³/mol. The first-order valence-electron chi connectivity index (χ1n) is 4.31. The zero-order chi connectivity index (χ0) is 11.0. The minimum atomic E-state index is -0.962. The Bertz CT molecular complexity index is 535. The Balaban J connectivity index is 2.71. The highest BCUT2D eigenvalue weighted by molar-refractivity contribution is 9.08. The van der Waals surface area contributed by atoms with E-state index in [9.17, 15) is 4.79 Å². The van der Waals surface area contributed by atoms with Gasteiger partial charge in [-0.05, 0) is 24.1 Å². The summed E-state index contributed by atoms with van der Waals surface area (Å²) in [6.07, 6.45) is 0. The van der Waals surface area contributed by atoms with Crippen molar-refractivity contribution in [2.24, 2.45) is 0 Å². The average Bonchev–Trinajstić information content (AvgIpc) is 2.63. The van der Waals surface area contributed by atoms with Crippen molar-refractivity contribution >= 4 is 43.5 Å². The van der Waals surface area contributed by atoms with Crippen LogP contribution in [0.25, 0.3) is 10.2 Å². The van der Waals surface area contributed by atoms with Crippen LogP contribution in [0.1, 0.15) is 20.9 Å². The maximum absolute atomic E-state index is 10.8. The molecule has 0 amide bonds. The molecule has 2 rings (SSSR count). The highest BCUT2D eigenvalue weighted by Crippen LogP contribution is 2.27. The monoisotopic (exact) mass is 285 g/mol. The highest BCUT2D eigenvalue weighted by Gasteiger charge is 2.13. The van der Waals surface area contributed by atoms with Gasteiger partial charge in [0.1, 0.15) is 0 Å². The van der Waals surface area contributed by atoms with Crippen LogP contribution in [0.2, 0.25) is 0 Å². The van der Waals surface area contributed by atoms with Gasteiger partial charge < -0.3 is 5.11 Å². The fourth-order valence-corrected chi connectivity index (χ4v) is 2.87. The maximum atomic E-state index is 10.8. The number of aromatic nitrogens is 1. The van der Waals surface area contributed by atoms with Crippen LogP contribution in [-0.4, -0.2) is 16.1 Å². The van der Waals surface area contributed by atoms with Gasteiger partial charge in [-0.1, -0.05) is 22.0 Å². The molecule has 1 heterocycles. The van der Waals surface area contributed by atoms with Gasteiger partial charge in [-0.2, -0.15) is 0 Å². The zero-order valence-electron chi connectivity index (χ0n) is 7.95. The molecule has 0 radical (unpaired) electrons. The molecule has 0 atom stereocenters. The van der Waals surface area contributed by atoms with Crippen LogP contribution in [0.3, 0.4) is 0 Å². The number of aromatic carboxylic acids is 1. The molecule has 78 valence electrons. The van der Waals surface area contributed by atoms with E-state index in [2.05, 4.69) is 20.9 Å². The third-order valence-electron chi connectivity index (χ3n) is 2.25. The molecule has 0 aliphatic carbocycles. The molecule has 0 unspecified atom stereocenters. The third kappa shape index (κ3) is 1.77. The molecule has 5 heteroatoms. The number of aryl methyl sites for hydroxylation is 1. The van der Waals surface area contributed by atoms with Crippen molar-refractivity contribution in [3.8, 4) is 0 Å². The smallest absolute Gasteiger partial charge is 0.365 e. The largest absolute Gasteiger partial charge is 0.476 e. The Morgan fingerprint density at radius 2 is 2.33 bits per heavy atom. The van der Waals surface area contributed by atoms with Crippen molar-refractivity contribution < 1.29 is 9.90 Å². The maximum Gasteiger partial charge on any atom is 0.365 e. The van der Waals surface area contributed by atoms with Crippen LogP contribution >= 0.6 is 27.3 Å². The summed E-state index contributed by atoms with van der Waals surface area (Å²) in [5.41, 5.74) is 2.99. The van der Waals surface area contributed by atoms with Gasteiger partial charge in [0, 0.05) is 5.33 Å². The first kappa shape index (κ1) is 10.6. The van der Waals surface area contributed by atoms with E-state index in [-0.39, 0.29) is 5.01 Å². The van der Waals surface area contributed by atoms with Crippen molar-refractivity contribution in [2.45, 2.75) is 12.3 Å². The number of thiazole rings is 1. The molecule has 2 aromatic rings. The standard InChI is InChI=1S/C10H8BrNO2S/c1-5-6(4-11)2-3-7-8(5)12-9(15-7)10(13)14/h2-3H,4H2,1H3,(H,13,14). The molecular formula is C10H8BrNO2S. The van der Waals surface area contributed by atoms with Gasteiger partial charge >= 0.3 is 5.97 Å². The summed E-state index contributed by atoms with van der Waals surface area (Å²) < 4.78 is 0.926. The average molecular weight is 286 g/mol. The van der Waals surface area contributed by atoms with E-state index in [0.717, 1.165) is 26.7 Å². The molecule has 0 saturated carbocycles. The number of carboxylic acids is 1. The second-order valence-corrected chi connectivity index (χ2v) is 4.75. The van der Waals surface area contributed by atoms with E-state index < -0.39 is 5.97 Å². The summed E-state index contributed by atoms with van der Waals surface area (Å²) in [6.45, 7) is 1.96. The lowest BCUT2D eigenvalue weighted by molar-refractivity contribution is 0.0696. The van der Waals surface area contributed by atoms with Crippen LogP contribution in [-0.2, 0) is 5.33 Å². The van der Waals surface area contributed by atoms with Crippen LogP contribution in [0.4, 0.5) is 0 Å². The number of carbonyl (C=O) groups is 1. The lowest BCUT2D eigenvalue weighted by Crippen LogP contribution is -1.94. The van der Waals surface area contributed by atoms with Gasteiger partial charge in [0.15, 0.2) is 0 Å². The Labute approximate surface area is 98.9 Å². The number of rotatable bonds is 2. The molecule has 0 fully saturated rings. The fraction of sp³-hybridized carbons (Fsp3) is 0.200. The molecule has 1 N–H and O–H groups in total. The summed E-state index contributed by atoms with van der Waals surface area (Å²) in [7, 11) is 0. The number of nitrogens with zero attached hydrogens (tertiary/aromatic N) is 1. The number of carboxylic acid groups (broad SMARTS) is 1. The number of halogens is 1. The van der Waals surface area contributed by atoms with Crippen molar-refractivity contribution in [3.63, 3.8) is 0 Å². The molecule has 0 spiro atoms. The van der Waals surface area contributed by atoms with Crippen molar-refractivity contribution in [1.29, 1.82) is 0 Å². The number of benzene rings is 1. The van der Waals surface area contributed by atoms with E-state index in [4.69, 9.17) is 5.11 Å². The minimum absolute atomic E-state index is 0.153. The second kappa shape index (κ2) is 3.90. The van der Waals surface area contributed by atoms with Gasteiger partial charge in [0.2, 0.25) is 5.01 Å². The molecule has 1 aromatic carbocycles. The highest BCUT2D eigenvalue weighted by atomic mass is 79.9. The lowest BCUT2D eigenvalue weighted by Gasteiger charge is -2.00. The number of fused-ring (bicyclic) bond motifs is 1. The topological polar surface area (TPSA) is 50.2 Å². The number of alkyl halides is 1.